The van der Waals surface area contributed by atoms with Gasteiger partial charge in [0, 0.05) is 17.3 Å². The number of nitrogens with one attached hydrogen (secondary N) is 1. The van der Waals surface area contributed by atoms with E-state index in [2.05, 4.69) is 35.4 Å². The van der Waals surface area contributed by atoms with Crippen LogP contribution in [0.15, 0.2) is 103 Å². The van der Waals surface area contributed by atoms with Crippen LogP contribution >= 0.6 is 11.8 Å². The zero-order valence-corrected chi connectivity index (χ0v) is 24.3. The molecule has 0 radical (unpaired) electrons. The SMILES string of the molecule is Cc1cccc([C@@H]2SCC(=O)N(CC(=O)NCc3ccccn3)c3c2c(-c2ccccc2)nn3-c2cccc(C)c2)c1. The molecule has 2 amide bonds. The molecule has 1 N–H and O–H groups in total. The Morgan fingerprint density at radius 1 is 0.929 bits per heavy atom. The number of pyridine rings is 1. The fraction of sp³-hybridized carbons (Fsp3) is 0.176. The van der Waals surface area contributed by atoms with E-state index in [0.717, 1.165) is 44.9 Å². The number of benzene rings is 3. The van der Waals surface area contributed by atoms with Crippen molar-refractivity contribution in [2.24, 2.45) is 0 Å². The fourth-order valence-electron chi connectivity index (χ4n) is 5.26. The normalized spacial score (nSPS) is 14.8. The lowest BCUT2D eigenvalue weighted by Gasteiger charge is -2.23. The van der Waals surface area contributed by atoms with Gasteiger partial charge < -0.3 is 5.32 Å². The van der Waals surface area contributed by atoms with E-state index in [-0.39, 0.29) is 35.9 Å². The van der Waals surface area contributed by atoms with Gasteiger partial charge in [-0.1, -0.05) is 78.4 Å². The Morgan fingerprint density at radius 3 is 2.43 bits per heavy atom. The van der Waals surface area contributed by atoms with Crippen LogP contribution < -0.4 is 10.2 Å². The summed E-state index contributed by atoms with van der Waals surface area (Å²) in [5.74, 6) is 0.437. The predicted octanol–water partition coefficient (Wildman–Crippen LogP) is 6.04. The van der Waals surface area contributed by atoms with Gasteiger partial charge in [-0.15, -0.1) is 11.8 Å². The minimum atomic E-state index is -0.266. The number of hydrogen-bond donors (Lipinski definition) is 1. The van der Waals surface area contributed by atoms with E-state index in [1.807, 2.05) is 90.5 Å². The van der Waals surface area contributed by atoms with Crippen LogP contribution in [0.1, 0.15) is 33.2 Å². The molecule has 5 aromatic rings. The van der Waals surface area contributed by atoms with Gasteiger partial charge in [-0.05, 0) is 49.2 Å². The molecule has 210 valence electrons. The van der Waals surface area contributed by atoms with Gasteiger partial charge in [0.2, 0.25) is 11.8 Å². The van der Waals surface area contributed by atoms with Crippen LogP contribution in [0.5, 0.6) is 0 Å². The number of hydrogen-bond acceptors (Lipinski definition) is 5. The molecule has 2 aromatic heterocycles. The highest BCUT2D eigenvalue weighted by Gasteiger charge is 2.37. The third-order valence-corrected chi connectivity index (χ3v) is 8.48. The van der Waals surface area contributed by atoms with Gasteiger partial charge in [0.15, 0.2) is 0 Å². The van der Waals surface area contributed by atoms with Crippen LogP contribution in [0.2, 0.25) is 0 Å². The summed E-state index contributed by atoms with van der Waals surface area (Å²) < 4.78 is 1.84. The lowest BCUT2D eigenvalue weighted by molar-refractivity contribution is -0.123. The molecule has 1 aliphatic rings. The fourth-order valence-corrected chi connectivity index (χ4v) is 6.44. The van der Waals surface area contributed by atoms with Crippen molar-refractivity contribution in [2.75, 3.05) is 17.2 Å². The highest BCUT2D eigenvalue weighted by molar-refractivity contribution is 8.00. The number of nitrogens with zero attached hydrogens (tertiary/aromatic N) is 4. The Bertz CT molecular complexity index is 1740. The van der Waals surface area contributed by atoms with Crippen LogP contribution in [0, 0.1) is 13.8 Å². The third kappa shape index (κ3) is 5.71. The molecule has 3 aromatic carbocycles. The first-order valence-corrected chi connectivity index (χ1v) is 14.9. The Kier molecular flexibility index (Phi) is 7.88. The molecule has 0 fully saturated rings. The van der Waals surface area contributed by atoms with Gasteiger partial charge in [-0.25, -0.2) is 4.68 Å². The minimum absolute atomic E-state index is 0.133. The maximum atomic E-state index is 13.9. The van der Waals surface area contributed by atoms with E-state index in [4.69, 9.17) is 5.10 Å². The monoisotopic (exact) mass is 573 g/mol. The Balaban J connectivity index is 1.52. The number of aryl methyl sites for hydroxylation is 2. The number of carbonyl (C=O) groups excluding carboxylic acids is 2. The Hall–Kier alpha value is -4.69. The van der Waals surface area contributed by atoms with Crippen molar-refractivity contribution in [3.05, 3.63) is 131 Å². The zero-order valence-electron chi connectivity index (χ0n) is 23.5. The van der Waals surface area contributed by atoms with E-state index in [1.165, 1.54) is 0 Å². The largest absolute Gasteiger partial charge is 0.349 e. The molecule has 0 aliphatic carbocycles. The van der Waals surface area contributed by atoms with Crippen molar-refractivity contribution in [1.29, 1.82) is 0 Å². The second-order valence-corrected chi connectivity index (χ2v) is 11.5. The summed E-state index contributed by atoms with van der Waals surface area (Å²) in [6.45, 7) is 4.25. The average molecular weight is 574 g/mol. The summed E-state index contributed by atoms with van der Waals surface area (Å²) in [5, 5.41) is 7.94. The van der Waals surface area contributed by atoms with Crippen LogP contribution in [0.3, 0.4) is 0 Å². The van der Waals surface area contributed by atoms with Crippen molar-refractivity contribution < 1.29 is 9.59 Å². The third-order valence-electron chi connectivity index (χ3n) is 7.22. The molecule has 6 rings (SSSR count). The number of rotatable bonds is 7. The molecule has 42 heavy (non-hydrogen) atoms. The van der Waals surface area contributed by atoms with Gasteiger partial charge in [-0.2, -0.15) is 5.10 Å². The number of thioether (sulfide) groups is 1. The summed E-state index contributed by atoms with van der Waals surface area (Å²) >= 11 is 1.57. The minimum Gasteiger partial charge on any atom is -0.349 e. The van der Waals surface area contributed by atoms with E-state index < -0.39 is 0 Å². The second kappa shape index (κ2) is 12.0. The van der Waals surface area contributed by atoms with E-state index in [1.54, 1.807) is 22.9 Å². The number of amides is 2. The quantitative estimate of drug-likeness (QED) is 0.257. The molecular formula is C34H31N5O2S. The summed E-state index contributed by atoms with van der Waals surface area (Å²) in [6.07, 6.45) is 1.69. The number of aromatic nitrogens is 3. The predicted molar refractivity (Wildman–Crippen MR) is 168 cm³/mol. The molecule has 1 atom stereocenters. The maximum Gasteiger partial charge on any atom is 0.240 e. The standard InChI is InChI=1S/C34H31N5O2S/c1-23-10-8-14-26(18-23)33-31-32(25-12-4-3-5-13-25)37-39(28-16-9-11-24(2)19-28)34(31)38(30(41)22-42-33)21-29(40)36-20-27-15-6-7-17-35-27/h3-19,33H,20-22H2,1-2H3,(H,36,40)/t33-/m0/s1. The molecule has 7 nitrogen and oxygen atoms in total. The molecule has 8 heteroatoms. The Morgan fingerprint density at radius 2 is 1.69 bits per heavy atom. The topological polar surface area (TPSA) is 80.1 Å². The lowest BCUT2D eigenvalue weighted by atomic mass is 9.98. The first-order valence-electron chi connectivity index (χ1n) is 13.9. The molecule has 0 unspecified atom stereocenters. The van der Waals surface area contributed by atoms with Gasteiger partial charge in [0.05, 0.1) is 34.6 Å². The molecule has 0 saturated heterocycles. The van der Waals surface area contributed by atoms with Crippen LogP contribution in [-0.4, -0.2) is 38.9 Å². The van der Waals surface area contributed by atoms with Crippen molar-refractivity contribution in [2.45, 2.75) is 25.6 Å². The summed E-state index contributed by atoms with van der Waals surface area (Å²) in [6, 6.07) is 32.1. The van der Waals surface area contributed by atoms with E-state index in [9.17, 15) is 9.59 Å². The lowest BCUT2D eigenvalue weighted by Crippen LogP contribution is -2.42. The van der Waals surface area contributed by atoms with Crippen molar-refractivity contribution in [3.8, 4) is 16.9 Å². The number of fused-ring (bicyclic) bond motifs is 1. The smallest absolute Gasteiger partial charge is 0.240 e. The number of anilines is 1. The van der Waals surface area contributed by atoms with Gasteiger partial charge in [0.1, 0.15) is 12.4 Å². The van der Waals surface area contributed by atoms with E-state index in [0.29, 0.717) is 5.82 Å². The highest BCUT2D eigenvalue weighted by Crippen LogP contribution is 2.48. The molecular weight excluding hydrogens is 542 g/mol. The molecule has 0 saturated carbocycles. The van der Waals surface area contributed by atoms with Gasteiger partial charge in [-0.3, -0.25) is 19.5 Å². The zero-order chi connectivity index (χ0) is 29.1. The highest BCUT2D eigenvalue weighted by atomic mass is 32.2. The maximum absolute atomic E-state index is 13.9. The first kappa shape index (κ1) is 27.5. The van der Waals surface area contributed by atoms with E-state index >= 15 is 0 Å². The summed E-state index contributed by atoms with van der Waals surface area (Å²) in [5.41, 5.74) is 7.55. The second-order valence-electron chi connectivity index (χ2n) is 10.4. The summed E-state index contributed by atoms with van der Waals surface area (Å²) in [7, 11) is 0. The molecule has 0 spiro atoms. The average Bonchev–Trinajstić information content (AvgIpc) is 3.33. The first-order chi connectivity index (χ1) is 20.5. The molecule has 3 heterocycles. The Labute approximate surface area is 249 Å². The molecule has 1 aliphatic heterocycles. The van der Waals surface area contributed by atoms with Crippen LogP contribution in [-0.2, 0) is 16.1 Å². The van der Waals surface area contributed by atoms with Crippen LogP contribution in [0.25, 0.3) is 16.9 Å². The molecule has 0 bridgehead atoms. The van der Waals surface area contributed by atoms with Crippen molar-refractivity contribution in [3.63, 3.8) is 0 Å². The van der Waals surface area contributed by atoms with Gasteiger partial charge in [0.25, 0.3) is 0 Å². The van der Waals surface area contributed by atoms with Crippen molar-refractivity contribution >= 4 is 29.4 Å². The number of carbonyl (C=O) groups is 2. The summed E-state index contributed by atoms with van der Waals surface area (Å²) in [4.78, 5) is 33.2. The van der Waals surface area contributed by atoms with Crippen molar-refractivity contribution in [1.82, 2.24) is 20.1 Å². The van der Waals surface area contributed by atoms with Gasteiger partial charge >= 0.3 is 0 Å². The van der Waals surface area contributed by atoms with Crippen LogP contribution in [0.4, 0.5) is 5.82 Å².